The molecule has 0 atom stereocenters. The normalized spacial score (nSPS) is 10.3. The number of aromatic nitrogens is 1. The fraction of sp³-hybridized carbons (Fsp3) is 0.421. The molecule has 0 saturated carbocycles. The van der Waals surface area contributed by atoms with Crippen molar-refractivity contribution in [3.63, 3.8) is 0 Å². The molecule has 1 aromatic heterocycles. The van der Waals surface area contributed by atoms with Gasteiger partial charge in [-0.2, -0.15) is 0 Å². The molecule has 0 saturated heterocycles. The molecule has 2 rings (SSSR count). The molecule has 0 radical (unpaired) electrons. The molecule has 25 heavy (non-hydrogen) atoms. The fourth-order valence-electron chi connectivity index (χ4n) is 2.77. The number of benzene rings is 1. The first-order chi connectivity index (χ1) is 10.9. The summed E-state index contributed by atoms with van der Waals surface area (Å²) in [5.41, 5.74) is 9.94. The number of anilines is 1. The van der Waals surface area contributed by atoms with Crippen LogP contribution in [0.25, 0.3) is 0 Å². The van der Waals surface area contributed by atoms with E-state index in [1.54, 1.807) is 12.1 Å². The van der Waals surface area contributed by atoms with Crippen molar-refractivity contribution < 1.29 is 4.39 Å². The molecule has 1 heterocycles. The van der Waals surface area contributed by atoms with Gasteiger partial charge in [0.05, 0.1) is 0 Å². The zero-order valence-corrected chi connectivity index (χ0v) is 16.7. The second-order valence-electron chi connectivity index (χ2n) is 6.44. The van der Waals surface area contributed by atoms with Crippen molar-refractivity contribution in [3.8, 4) is 0 Å². The van der Waals surface area contributed by atoms with Crippen LogP contribution in [0, 0.1) is 12.7 Å². The number of pyridine rings is 1. The highest BCUT2D eigenvalue weighted by molar-refractivity contribution is 5.85. The van der Waals surface area contributed by atoms with E-state index in [-0.39, 0.29) is 30.6 Å². The lowest BCUT2D eigenvalue weighted by Gasteiger charge is -2.10. The second kappa shape index (κ2) is 11.3. The van der Waals surface area contributed by atoms with Crippen LogP contribution in [0.1, 0.15) is 28.8 Å². The monoisotopic (exact) mass is 387 g/mol. The quantitative estimate of drug-likeness (QED) is 0.772. The predicted molar refractivity (Wildman–Crippen MR) is 109 cm³/mol. The molecule has 0 aliphatic rings. The standard InChI is InChI=1S/C19H26FN3.2ClH/c1-14-9-18(22-19(21)10-14)7-6-16-11-15(12-17(20)13-16)5-4-8-23(2)3;;/h9-13H,4-8H2,1-3H3,(H2,21,22);2*1H. The Labute approximate surface area is 162 Å². The largest absolute Gasteiger partial charge is 0.384 e. The van der Waals surface area contributed by atoms with Crippen molar-refractivity contribution in [2.75, 3.05) is 26.4 Å². The smallest absolute Gasteiger partial charge is 0.123 e. The van der Waals surface area contributed by atoms with Crippen LogP contribution >= 0.6 is 24.8 Å². The molecule has 3 nitrogen and oxygen atoms in total. The summed E-state index contributed by atoms with van der Waals surface area (Å²) in [4.78, 5) is 6.49. The first kappa shape index (κ1) is 23.6. The lowest BCUT2D eigenvalue weighted by Crippen LogP contribution is -2.13. The van der Waals surface area contributed by atoms with E-state index in [2.05, 4.69) is 30.0 Å². The third-order valence-corrected chi connectivity index (χ3v) is 3.80. The summed E-state index contributed by atoms with van der Waals surface area (Å²) >= 11 is 0. The van der Waals surface area contributed by atoms with Gasteiger partial charge in [0, 0.05) is 5.69 Å². The number of hydrogen-bond acceptors (Lipinski definition) is 3. The highest BCUT2D eigenvalue weighted by Crippen LogP contribution is 2.15. The maximum Gasteiger partial charge on any atom is 0.123 e. The third-order valence-electron chi connectivity index (χ3n) is 3.80. The first-order valence-electron chi connectivity index (χ1n) is 8.08. The number of rotatable bonds is 7. The Kier molecular flexibility index (Phi) is 10.7. The van der Waals surface area contributed by atoms with E-state index < -0.39 is 0 Å². The SMILES string of the molecule is Cc1cc(N)nc(CCc2cc(F)cc(CCCN(C)C)c2)c1.Cl.Cl. The number of aryl methyl sites for hydroxylation is 4. The lowest BCUT2D eigenvalue weighted by atomic mass is 10.0. The molecule has 0 aliphatic heterocycles. The zero-order chi connectivity index (χ0) is 16.8. The number of nitrogen functional groups attached to an aromatic ring is 1. The Balaban J connectivity index is 0.00000288. The predicted octanol–water partition coefficient (Wildman–Crippen LogP) is 4.23. The van der Waals surface area contributed by atoms with Gasteiger partial charge in [0.15, 0.2) is 0 Å². The van der Waals surface area contributed by atoms with Gasteiger partial charge in [-0.3, -0.25) is 0 Å². The Morgan fingerprint density at radius 1 is 0.960 bits per heavy atom. The Bertz CT molecular complexity index is 643. The highest BCUT2D eigenvalue weighted by Gasteiger charge is 2.04. The summed E-state index contributed by atoms with van der Waals surface area (Å²) in [5, 5.41) is 0. The highest BCUT2D eigenvalue weighted by atomic mass is 35.5. The van der Waals surface area contributed by atoms with Gasteiger partial charge in [-0.05, 0) is 94.2 Å². The third kappa shape index (κ3) is 8.52. The maximum atomic E-state index is 13.8. The molecule has 0 spiro atoms. The summed E-state index contributed by atoms with van der Waals surface area (Å²) in [6.07, 6.45) is 3.48. The second-order valence-corrected chi connectivity index (χ2v) is 6.44. The van der Waals surface area contributed by atoms with Crippen LogP contribution in [-0.4, -0.2) is 30.5 Å². The van der Waals surface area contributed by atoms with Crippen LogP contribution in [0.15, 0.2) is 30.3 Å². The number of halogens is 3. The van der Waals surface area contributed by atoms with Crippen LogP contribution in [0.2, 0.25) is 0 Å². The fourth-order valence-corrected chi connectivity index (χ4v) is 2.77. The number of hydrogen-bond donors (Lipinski definition) is 1. The molecule has 6 heteroatoms. The average Bonchev–Trinajstić information content (AvgIpc) is 2.43. The Hall–Kier alpha value is -1.36. The van der Waals surface area contributed by atoms with Gasteiger partial charge in [-0.25, -0.2) is 9.37 Å². The van der Waals surface area contributed by atoms with Gasteiger partial charge in [-0.1, -0.05) is 6.07 Å². The molecule has 0 amide bonds. The Morgan fingerprint density at radius 3 is 2.20 bits per heavy atom. The van der Waals surface area contributed by atoms with Crippen molar-refractivity contribution in [2.45, 2.75) is 32.6 Å². The van der Waals surface area contributed by atoms with Crippen molar-refractivity contribution >= 4 is 30.6 Å². The molecular formula is C19H28Cl2FN3. The van der Waals surface area contributed by atoms with Gasteiger partial charge in [-0.15, -0.1) is 24.8 Å². The van der Waals surface area contributed by atoms with E-state index in [1.165, 1.54) is 0 Å². The van der Waals surface area contributed by atoms with Crippen LogP contribution in [0.5, 0.6) is 0 Å². The van der Waals surface area contributed by atoms with Crippen molar-refractivity contribution in [2.24, 2.45) is 0 Å². The van der Waals surface area contributed by atoms with Crippen LogP contribution < -0.4 is 5.73 Å². The van der Waals surface area contributed by atoms with Crippen LogP contribution in [0.3, 0.4) is 0 Å². The molecule has 0 bridgehead atoms. The molecule has 0 unspecified atom stereocenters. The molecule has 0 aliphatic carbocycles. The lowest BCUT2D eigenvalue weighted by molar-refractivity contribution is 0.400. The van der Waals surface area contributed by atoms with Gasteiger partial charge in [0.25, 0.3) is 0 Å². The molecule has 1 aromatic carbocycles. The Morgan fingerprint density at radius 2 is 1.60 bits per heavy atom. The summed E-state index contributed by atoms with van der Waals surface area (Å²) in [7, 11) is 4.11. The van der Waals surface area contributed by atoms with Crippen molar-refractivity contribution in [1.82, 2.24) is 9.88 Å². The summed E-state index contributed by atoms with van der Waals surface area (Å²) in [5.74, 6) is 0.391. The van der Waals surface area contributed by atoms with E-state index in [0.717, 1.165) is 54.6 Å². The molecule has 0 fully saturated rings. The minimum atomic E-state index is -0.154. The van der Waals surface area contributed by atoms with Gasteiger partial charge < -0.3 is 10.6 Å². The first-order valence-corrected chi connectivity index (χ1v) is 8.08. The van der Waals surface area contributed by atoms with E-state index >= 15 is 0 Å². The maximum absolute atomic E-state index is 13.8. The average molecular weight is 388 g/mol. The van der Waals surface area contributed by atoms with Crippen LogP contribution in [-0.2, 0) is 19.3 Å². The van der Waals surface area contributed by atoms with Gasteiger partial charge in [0.2, 0.25) is 0 Å². The molecule has 2 N–H and O–H groups in total. The zero-order valence-electron chi connectivity index (χ0n) is 15.1. The summed E-state index contributed by atoms with van der Waals surface area (Å²) in [6.45, 7) is 3.02. The van der Waals surface area contributed by atoms with Gasteiger partial charge >= 0.3 is 0 Å². The molecular weight excluding hydrogens is 360 g/mol. The number of nitrogens with two attached hydrogens (primary N) is 1. The number of nitrogens with zero attached hydrogens (tertiary/aromatic N) is 2. The minimum Gasteiger partial charge on any atom is -0.384 e. The van der Waals surface area contributed by atoms with E-state index in [9.17, 15) is 4.39 Å². The summed E-state index contributed by atoms with van der Waals surface area (Å²) in [6, 6.07) is 9.26. The summed E-state index contributed by atoms with van der Waals surface area (Å²) < 4.78 is 13.8. The minimum absolute atomic E-state index is 0. The van der Waals surface area contributed by atoms with E-state index in [4.69, 9.17) is 5.73 Å². The van der Waals surface area contributed by atoms with E-state index in [0.29, 0.717) is 5.82 Å². The molecule has 2 aromatic rings. The van der Waals surface area contributed by atoms with E-state index in [1.807, 2.05) is 19.1 Å². The molecule has 140 valence electrons. The topological polar surface area (TPSA) is 42.1 Å². The van der Waals surface area contributed by atoms with Crippen LogP contribution in [0.4, 0.5) is 10.2 Å². The van der Waals surface area contributed by atoms with Crippen molar-refractivity contribution in [1.29, 1.82) is 0 Å². The van der Waals surface area contributed by atoms with Gasteiger partial charge in [0.1, 0.15) is 11.6 Å². The van der Waals surface area contributed by atoms with Crippen molar-refractivity contribution in [3.05, 3.63) is 58.5 Å².